The first kappa shape index (κ1) is 9.30. The van der Waals surface area contributed by atoms with Crippen LogP contribution in [0.2, 0.25) is 0 Å². The minimum atomic E-state index is -0.998. The van der Waals surface area contributed by atoms with E-state index in [0.29, 0.717) is 5.56 Å². The molecule has 66 valence electrons. The molecule has 0 saturated carbocycles. The first-order chi connectivity index (χ1) is 6.15. The van der Waals surface area contributed by atoms with Crippen LogP contribution < -0.4 is 0 Å². The molecule has 1 atom stereocenters. The molecule has 1 rings (SSSR count). The number of hydrogen-bond donors (Lipinski definition) is 2. The van der Waals surface area contributed by atoms with Crippen molar-refractivity contribution in [3.05, 3.63) is 35.4 Å². The van der Waals surface area contributed by atoms with Crippen molar-refractivity contribution in [2.45, 2.75) is 6.10 Å². The number of carboxylic acid groups (broad SMARTS) is 1. The highest BCUT2D eigenvalue weighted by Crippen LogP contribution is 2.12. The summed E-state index contributed by atoms with van der Waals surface area (Å²) in [6.07, 6.45) is 4.02. The van der Waals surface area contributed by atoms with E-state index in [1.807, 2.05) is 0 Å². The van der Waals surface area contributed by atoms with Crippen molar-refractivity contribution in [1.82, 2.24) is 0 Å². The number of terminal acetylenes is 1. The molecule has 2 N–H and O–H groups in total. The fourth-order valence-electron chi connectivity index (χ4n) is 0.904. The summed E-state index contributed by atoms with van der Waals surface area (Å²) in [5.74, 6) is 1.14. The molecule has 13 heavy (non-hydrogen) atoms. The minimum absolute atomic E-state index is 0.174. The van der Waals surface area contributed by atoms with Crippen molar-refractivity contribution in [2.24, 2.45) is 0 Å². The fourth-order valence-corrected chi connectivity index (χ4v) is 0.904. The highest BCUT2D eigenvalue weighted by atomic mass is 16.4. The van der Waals surface area contributed by atoms with Crippen LogP contribution in [0.4, 0.5) is 0 Å². The molecule has 1 aromatic carbocycles. The lowest BCUT2D eigenvalue weighted by atomic mass is 10.1. The zero-order valence-corrected chi connectivity index (χ0v) is 6.77. The van der Waals surface area contributed by atoms with Gasteiger partial charge < -0.3 is 10.2 Å². The third-order valence-electron chi connectivity index (χ3n) is 1.63. The van der Waals surface area contributed by atoms with Gasteiger partial charge in [0.15, 0.2) is 0 Å². The summed E-state index contributed by atoms with van der Waals surface area (Å²) >= 11 is 0. The smallest absolute Gasteiger partial charge is 0.335 e. The second kappa shape index (κ2) is 3.74. The van der Waals surface area contributed by atoms with Gasteiger partial charge in [0.1, 0.15) is 6.10 Å². The molecule has 0 bridgehead atoms. The second-order valence-electron chi connectivity index (χ2n) is 2.50. The molecular weight excluding hydrogens is 168 g/mol. The molecule has 0 aromatic heterocycles. The first-order valence-corrected chi connectivity index (χ1v) is 3.62. The minimum Gasteiger partial charge on any atom is -0.478 e. The zero-order valence-electron chi connectivity index (χ0n) is 6.77. The van der Waals surface area contributed by atoms with Gasteiger partial charge in [-0.15, -0.1) is 6.42 Å². The van der Waals surface area contributed by atoms with Gasteiger partial charge in [-0.1, -0.05) is 18.1 Å². The van der Waals surface area contributed by atoms with Gasteiger partial charge in [0, 0.05) is 0 Å². The van der Waals surface area contributed by atoms with Gasteiger partial charge in [-0.05, 0) is 17.7 Å². The summed E-state index contributed by atoms with van der Waals surface area (Å²) in [5, 5.41) is 17.7. The van der Waals surface area contributed by atoms with Gasteiger partial charge in [0.25, 0.3) is 0 Å². The Hall–Kier alpha value is -1.79. The standard InChI is InChI=1S/C10H8O3/c1-2-9(11)7-3-5-8(6-4-7)10(12)13/h1,3-6,9,11H,(H,12,13). The van der Waals surface area contributed by atoms with Crippen molar-refractivity contribution in [1.29, 1.82) is 0 Å². The number of aliphatic hydroxyl groups excluding tert-OH is 1. The molecule has 0 aliphatic rings. The molecule has 0 heterocycles. The molecule has 1 aromatic rings. The molecule has 0 spiro atoms. The molecule has 0 aliphatic heterocycles. The number of hydrogen-bond acceptors (Lipinski definition) is 2. The molecule has 1 unspecified atom stereocenters. The Balaban J connectivity index is 2.95. The van der Waals surface area contributed by atoms with Crippen LogP contribution in [0.15, 0.2) is 24.3 Å². The SMILES string of the molecule is C#CC(O)c1ccc(C(=O)O)cc1. The number of benzene rings is 1. The van der Waals surface area contributed by atoms with Gasteiger partial charge in [0.05, 0.1) is 5.56 Å². The highest BCUT2D eigenvalue weighted by molar-refractivity contribution is 5.87. The number of carboxylic acids is 1. The lowest BCUT2D eigenvalue weighted by molar-refractivity contribution is 0.0696. The van der Waals surface area contributed by atoms with Crippen LogP contribution in [0.25, 0.3) is 0 Å². The number of aromatic carboxylic acids is 1. The summed E-state index contributed by atoms with van der Waals surface area (Å²) in [6.45, 7) is 0. The topological polar surface area (TPSA) is 57.5 Å². The summed E-state index contributed by atoms with van der Waals surface area (Å²) in [7, 11) is 0. The average molecular weight is 176 g/mol. The van der Waals surface area contributed by atoms with Gasteiger partial charge in [-0.25, -0.2) is 4.79 Å². The summed E-state index contributed by atoms with van der Waals surface area (Å²) < 4.78 is 0. The molecule has 0 aliphatic carbocycles. The van der Waals surface area contributed by atoms with Crippen LogP contribution in [-0.4, -0.2) is 16.2 Å². The van der Waals surface area contributed by atoms with E-state index in [0.717, 1.165) is 0 Å². The van der Waals surface area contributed by atoms with Crippen molar-refractivity contribution >= 4 is 5.97 Å². The quantitative estimate of drug-likeness (QED) is 0.662. The van der Waals surface area contributed by atoms with E-state index in [9.17, 15) is 9.90 Å². The Morgan fingerprint density at radius 2 is 1.92 bits per heavy atom. The lowest BCUT2D eigenvalue weighted by Crippen LogP contribution is -1.98. The van der Waals surface area contributed by atoms with Crippen LogP contribution in [0.5, 0.6) is 0 Å². The van der Waals surface area contributed by atoms with Crippen molar-refractivity contribution < 1.29 is 15.0 Å². The summed E-state index contributed by atoms with van der Waals surface area (Å²) in [5.41, 5.74) is 0.695. The molecule has 0 saturated heterocycles. The van der Waals surface area contributed by atoms with E-state index in [1.165, 1.54) is 24.3 Å². The monoisotopic (exact) mass is 176 g/mol. The Morgan fingerprint density at radius 3 is 2.31 bits per heavy atom. The van der Waals surface area contributed by atoms with Gasteiger partial charge >= 0.3 is 5.97 Å². The number of aliphatic hydroxyl groups is 1. The Kier molecular flexibility index (Phi) is 2.68. The Bertz CT molecular complexity index is 345. The van der Waals surface area contributed by atoms with E-state index >= 15 is 0 Å². The van der Waals surface area contributed by atoms with Crippen LogP contribution >= 0.6 is 0 Å². The molecular formula is C10H8O3. The molecule has 0 amide bonds. The second-order valence-corrected chi connectivity index (χ2v) is 2.50. The summed E-state index contributed by atoms with van der Waals surface area (Å²) in [6, 6.07) is 5.79. The lowest BCUT2D eigenvalue weighted by Gasteiger charge is -2.02. The fraction of sp³-hybridized carbons (Fsp3) is 0.100. The number of rotatable bonds is 2. The first-order valence-electron chi connectivity index (χ1n) is 3.62. The maximum absolute atomic E-state index is 10.4. The van der Waals surface area contributed by atoms with E-state index in [2.05, 4.69) is 5.92 Å². The Labute approximate surface area is 75.6 Å². The maximum Gasteiger partial charge on any atom is 0.335 e. The normalized spacial score (nSPS) is 11.7. The van der Waals surface area contributed by atoms with Crippen molar-refractivity contribution in [3.63, 3.8) is 0 Å². The van der Waals surface area contributed by atoms with Crippen LogP contribution in [0, 0.1) is 12.3 Å². The van der Waals surface area contributed by atoms with Crippen molar-refractivity contribution in [2.75, 3.05) is 0 Å². The largest absolute Gasteiger partial charge is 0.478 e. The molecule has 0 fully saturated rings. The average Bonchev–Trinajstić information content (AvgIpc) is 2.17. The third-order valence-corrected chi connectivity index (χ3v) is 1.63. The van der Waals surface area contributed by atoms with Crippen LogP contribution in [-0.2, 0) is 0 Å². The van der Waals surface area contributed by atoms with E-state index in [-0.39, 0.29) is 5.56 Å². The van der Waals surface area contributed by atoms with Gasteiger partial charge in [0.2, 0.25) is 0 Å². The van der Waals surface area contributed by atoms with Crippen molar-refractivity contribution in [3.8, 4) is 12.3 Å². The van der Waals surface area contributed by atoms with Crippen LogP contribution in [0.1, 0.15) is 22.0 Å². The maximum atomic E-state index is 10.4. The predicted molar refractivity (Wildman–Crippen MR) is 47.2 cm³/mol. The molecule has 3 heteroatoms. The number of carbonyl (C=O) groups is 1. The summed E-state index contributed by atoms with van der Waals surface area (Å²) in [4.78, 5) is 10.4. The molecule has 0 radical (unpaired) electrons. The molecule has 3 nitrogen and oxygen atoms in total. The van der Waals surface area contributed by atoms with E-state index < -0.39 is 12.1 Å². The van der Waals surface area contributed by atoms with E-state index in [1.54, 1.807) is 0 Å². The van der Waals surface area contributed by atoms with E-state index in [4.69, 9.17) is 11.5 Å². The Morgan fingerprint density at radius 1 is 1.38 bits per heavy atom. The highest BCUT2D eigenvalue weighted by Gasteiger charge is 2.05. The van der Waals surface area contributed by atoms with Crippen LogP contribution in [0.3, 0.4) is 0 Å². The zero-order chi connectivity index (χ0) is 9.84. The van der Waals surface area contributed by atoms with Gasteiger partial charge in [-0.2, -0.15) is 0 Å². The predicted octanol–water partition coefficient (Wildman–Crippen LogP) is 1.05. The third kappa shape index (κ3) is 2.08. The van der Waals surface area contributed by atoms with Gasteiger partial charge in [-0.3, -0.25) is 0 Å².